The molecule has 0 unspecified atom stereocenters. The van der Waals surface area contributed by atoms with Crippen LogP contribution in [-0.2, 0) is 9.53 Å². The summed E-state index contributed by atoms with van der Waals surface area (Å²) in [5.41, 5.74) is 1.88. The molecule has 0 bridgehead atoms. The predicted octanol–water partition coefficient (Wildman–Crippen LogP) is 3.69. The Kier molecular flexibility index (Phi) is 4.63. The van der Waals surface area contributed by atoms with E-state index in [0.717, 1.165) is 19.5 Å². The van der Waals surface area contributed by atoms with Gasteiger partial charge in [-0.2, -0.15) is 0 Å². The fourth-order valence-electron chi connectivity index (χ4n) is 4.84. The molecule has 0 aromatic carbocycles. The lowest BCUT2D eigenvalue weighted by Gasteiger charge is -2.46. The number of carbonyl (C=O) groups excluding carboxylic acids is 1. The fraction of sp³-hybridized carbons (Fsp3) is 0.842. The van der Waals surface area contributed by atoms with Gasteiger partial charge in [0.2, 0.25) is 0 Å². The van der Waals surface area contributed by atoms with E-state index < -0.39 is 0 Å². The quantitative estimate of drug-likeness (QED) is 0.478. The van der Waals surface area contributed by atoms with Crippen LogP contribution in [0.2, 0.25) is 0 Å². The van der Waals surface area contributed by atoms with Crippen LogP contribution in [0, 0.1) is 23.2 Å². The Balaban J connectivity index is 1.74. The number of hydrogen-bond donors (Lipinski definition) is 1. The minimum absolute atomic E-state index is 0.0192. The summed E-state index contributed by atoms with van der Waals surface area (Å²) in [5.74, 6) is 1.01. The van der Waals surface area contributed by atoms with E-state index in [0.29, 0.717) is 11.8 Å². The second kappa shape index (κ2) is 6.35. The molecule has 22 heavy (non-hydrogen) atoms. The summed E-state index contributed by atoms with van der Waals surface area (Å²) in [7, 11) is 0. The molecule has 3 aliphatic rings. The summed E-state index contributed by atoms with van der Waals surface area (Å²) in [5, 5.41) is 3.45. The Labute approximate surface area is 134 Å². The van der Waals surface area contributed by atoms with Crippen LogP contribution in [0.3, 0.4) is 0 Å². The van der Waals surface area contributed by atoms with Crippen LogP contribution in [0.15, 0.2) is 11.6 Å². The number of allylic oxidation sites excluding steroid dienone is 1. The van der Waals surface area contributed by atoms with E-state index in [1.54, 1.807) is 5.57 Å². The molecule has 1 heterocycles. The maximum atomic E-state index is 12.3. The molecule has 1 N–H and O–H groups in total. The normalized spacial score (nSPS) is 40.7. The van der Waals surface area contributed by atoms with E-state index >= 15 is 0 Å². The van der Waals surface area contributed by atoms with Crippen molar-refractivity contribution in [1.29, 1.82) is 0 Å². The van der Waals surface area contributed by atoms with Crippen molar-refractivity contribution in [1.82, 2.24) is 5.32 Å². The van der Waals surface area contributed by atoms with Gasteiger partial charge in [0.1, 0.15) is 6.10 Å². The molecule has 0 spiro atoms. The molecule has 124 valence electrons. The van der Waals surface area contributed by atoms with Crippen LogP contribution in [0.5, 0.6) is 0 Å². The Morgan fingerprint density at radius 3 is 3.05 bits per heavy atom. The van der Waals surface area contributed by atoms with E-state index in [4.69, 9.17) is 4.74 Å². The molecule has 2 fully saturated rings. The summed E-state index contributed by atoms with van der Waals surface area (Å²) in [6.07, 6.45) is 9.81. The zero-order valence-electron chi connectivity index (χ0n) is 14.4. The van der Waals surface area contributed by atoms with Gasteiger partial charge in [-0.15, -0.1) is 0 Å². The summed E-state index contributed by atoms with van der Waals surface area (Å²) >= 11 is 0. The Morgan fingerprint density at radius 2 is 2.27 bits per heavy atom. The van der Waals surface area contributed by atoms with Gasteiger partial charge >= 0.3 is 5.97 Å². The summed E-state index contributed by atoms with van der Waals surface area (Å²) in [6, 6.07) is 0. The minimum Gasteiger partial charge on any atom is -0.461 e. The van der Waals surface area contributed by atoms with Crippen molar-refractivity contribution >= 4 is 5.97 Å². The van der Waals surface area contributed by atoms with E-state index in [2.05, 4.69) is 32.2 Å². The molecule has 0 aromatic rings. The number of rotatable bonds is 5. The highest BCUT2D eigenvalue weighted by molar-refractivity contribution is 5.76. The third-order valence-corrected chi connectivity index (χ3v) is 6.15. The molecule has 0 radical (unpaired) electrons. The van der Waals surface area contributed by atoms with Gasteiger partial charge in [-0.25, -0.2) is 0 Å². The minimum atomic E-state index is 0.0192. The molecule has 1 aliphatic heterocycles. The van der Waals surface area contributed by atoms with Gasteiger partial charge in [0.05, 0.1) is 5.92 Å². The van der Waals surface area contributed by atoms with Crippen molar-refractivity contribution in [3.63, 3.8) is 0 Å². The van der Waals surface area contributed by atoms with Crippen LogP contribution in [0.1, 0.15) is 59.3 Å². The van der Waals surface area contributed by atoms with Crippen molar-refractivity contribution in [2.75, 3.05) is 13.1 Å². The Bertz CT molecular complexity index is 458. The van der Waals surface area contributed by atoms with Gasteiger partial charge in [-0.05, 0) is 43.6 Å². The van der Waals surface area contributed by atoms with Gasteiger partial charge in [0.15, 0.2) is 0 Å². The number of hydrogen-bond acceptors (Lipinski definition) is 3. The third kappa shape index (κ3) is 2.84. The molecule has 5 atom stereocenters. The van der Waals surface area contributed by atoms with E-state index in [-0.39, 0.29) is 23.4 Å². The lowest BCUT2D eigenvalue weighted by molar-refractivity contribution is -0.145. The molecule has 0 aromatic heterocycles. The van der Waals surface area contributed by atoms with Crippen molar-refractivity contribution < 1.29 is 9.53 Å². The largest absolute Gasteiger partial charge is 0.461 e. The zero-order valence-corrected chi connectivity index (χ0v) is 14.4. The number of fused-ring (bicyclic) bond motifs is 2. The first kappa shape index (κ1) is 16.0. The number of esters is 1. The maximum Gasteiger partial charge on any atom is 0.311 e. The van der Waals surface area contributed by atoms with Crippen LogP contribution < -0.4 is 5.32 Å². The third-order valence-electron chi connectivity index (χ3n) is 6.15. The van der Waals surface area contributed by atoms with E-state index in [1.807, 2.05) is 0 Å². The second-order valence-electron chi connectivity index (χ2n) is 7.90. The average Bonchev–Trinajstić information content (AvgIpc) is 2.76. The number of nitrogens with one attached hydrogen (secondary N) is 1. The molecule has 2 aliphatic carbocycles. The number of unbranched alkanes of at least 4 members (excludes halogenated alkanes) is 1. The fourth-order valence-corrected chi connectivity index (χ4v) is 4.84. The van der Waals surface area contributed by atoms with Crippen LogP contribution >= 0.6 is 0 Å². The first-order chi connectivity index (χ1) is 10.5. The Morgan fingerprint density at radius 1 is 1.45 bits per heavy atom. The first-order valence-corrected chi connectivity index (χ1v) is 9.18. The van der Waals surface area contributed by atoms with Gasteiger partial charge in [-0.3, -0.25) is 4.79 Å². The van der Waals surface area contributed by atoms with Crippen molar-refractivity contribution in [2.24, 2.45) is 23.2 Å². The molecular formula is C19H31NO2. The summed E-state index contributed by atoms with van der Waals surface area (Å²) in [6.45, 7) is 8.71. The van der Waals surface area contributed by atoms with Gasteiger partial charge in [0, 0.05) is 12.5 Å². The molecule has 3 rings (SSSR count). The molecule has 1 saturated carbocycles. The lowest BCUT2D eigenvalue weighted by atomic mass is 9.59. The van der Waals surface area contributed by atoms with Crippen LogP contribution in [0.4, 0.5) is 0 Å². The van der Waals surface area contributed by atoms with E-state index in [9.17, 15) is 4.79 Å². The maximum absolute atomic E-state index is 12.3. The standard InChI is InChI=1S/C19H31NO2/c1-4-5-9-20-12-15-14-10-16-13(2)7-6-8-19(16,3)11-17(14)22-18(15)21/h10,13-15,17,20H,4-9,11-12H2,1-3H3/t13-,14-,15+,17+,19+/m1/s1. The lowest BCUT2D eigenvalue weighted by Crippen LogP contribution is -2.40. The highest BCUT2D eigenvalue weighted by Crippen LogP contribution is 2.53. The SMILES string of the molecule is CCCCNC[C@@H]1C(=O)O[C@H]2C[C@]3(C)CCC[C@@H](C)C3=C[C@@H]21. The molecule has 3 nitrogen and oxygen atoms in total. The second-order valence-corrected chi connectivity index (χ2v) is 7.90. The van der Waals surface area contributed by atoms with Crippen molar-refractivity contribution in [3.05, 3.63) is 11.6 Å². The number of carbonyl (C=O) groups is 1. The predicted molar refractivity (Wildman–Crippen MR) is 88.5 cm³/mol. The topological polar surface area (TPSA) is 38.3 Å². The summed E-state index contributed by atoms with van der Waals surface area (Å²) < 4.78 is 5.76. The molecular weight excluding hydrogens is 274 g/mol. The van der Waals surface area contributed by atoms with Gasteiger partial charge < -0.3 is 10.1 Å². The first-order valence-electron chi connectivity index (χ1n) is 9.18. The molecule has 0 amide bonds. The van der Waals surface area contributed by atoms with Crippen LogP contribution in [-0.4, -0.2) is 25.2 Å². The molecule has 1 saturated heterocycles. The highest BCUT2D eigenvalue weighted by Gasteiger charge is 2.51. The van der Waals surface area contributed by atoms with Crippen LogP contribution in [0.25, 0.3) is 0 Å². The smallest absolute Gasteiger partial charge is 0.311 e. The zero-order chi connectivity index (χ0) is 15.7. The monoisotopic (exact) mass is 305 g/mol. The number of ether oxygens (including phenoxy) is 1. The summed E-state index contributed by atoms with van der Waals surface area (Å²) in [4.78, 5) is 12.3. The average molecular weight is 305 g/mol. The van der Waals surface area contributed by atoms with Crippen molar-refractivity contribution in [3.8, 4) is 0 Å². The Hall–Kier alpha value is -0.830. The van der Waals surface area contributed by atoms with Gasteiger partial charge in [0.25, 0.3) is 0 Å². The molecule has 3 heteroatoms. The van der Waals surface area contributed by atoms with E-state index in [1.165, 1.54) is 32.1 Å². The van der Waals surface area contributed by atoms with Crippen molar-refractivity contribution in [2.45, 2.75) is 65.4 Å². The van der Waals surface area contributed by atoms with Gasteiger partial charge in [-0.1, -0.05) is 45.3 Å². The highest BCUT2D eigenvalue weighted by atomic mass is 16.6.